The van der Waals surface area contributed by atoms with Gasteiger partial charge in [-0.3, -0.25) is 4.79 Å². The van der Waals surface area contributed by atoms with E-state index < -0.39 is 0 Å². The van der Waals surface area contributed by atoms with Gasteiger partial charge in [-0.1, -0.05) is 57.2 Å². The number of carbonyl (C=O) groups excluding carboxylic acids is 2. The number of para-hydroxylation sites is 1. The molecule has 29 heavy (non-hydrogen) atoms. The number of carbonyl (C=O) groups is 2. The molecule has 1 amide bonds. The largest absolute Gasteiger partial charge is 0.462 e. The maximum atomic E-state index is 12.4. The highest BCUT2D eigenvalue weighted by Crippen LogP contribution is 2.22. The molecule has 0 bridgehead atoms. The number of benzene rings is 1. The molecule has 0 aliphatic carbocycles. The highest BCUT2D eigenvalue weighted by Gasteiger charge is 2.16. The Morgan fingerprint density at radius 3 is 2.45 bits per heavy atom. The van der Waals surface area contributed by atoms with Gasteiger partial charge in [-0.05, 0) is 32.3 Å². The first-order valence-electron chi connectivity index (χ1n) is 11.0. The van der Waals surface area contributed by atoms with Crippen molar-refractivity contribution in [1.29, 1.82) is 0 Å². The van der Waals surface area contributed by atoms with E-state index in [9.17, 15) is 9.59 Å². The summed E-state index contributed by atoms with van der Waals surface area (Å²) in [5.41, 5.74) is 2.47. The highest BCUT2D eigenvalue weighted by atomic mass is 16.5. The molecule has 1 heterocycles. The van der Waals surface area contributed by atoms with Crippen molar-refractivity contribution in [1.82, 2.24) is 9.88 Å². The number of unbranched alkanes of at least 4 members (excludes halogenated alkanes) is 6. The quantitative estimate of drug-likeness (QED) is 0.350. The van der Waals surface area contributed by atoms with Crippen LogP contribution in [0, 0.1) is 6.92 Å². The van der Waals surface area contributed by atoms with Crippen LogP contribution in [0.3, 0.4) is 0 Å². The summed E-state index contributed by atoms with van der Waals surface area (Å²) in [6, 6.07) is 7.80. The van der Waals surface area contributed by atoms with Crippen LogP contribution in [0.2, 0.25) is 0 Å². The first kappa shape index (κ1) is 23.0. The number of H-pyrrole nitrogens is 1. The number of aromatic amines is 1. The molecule has 0 saturated heterocycles. The van der Waals surface area contributed by atoms with Gasteiger partial charge in [0.15, 0.2) is 0 Å². The first-order valence-corrected chi connectivity index (χ1v) is 11.0. The Balaban J connectivity index is 1.54. The number of aryl methyl sites for hydroxylation is 1. The van der Waals surface area contributed by atoms with E-state index in [2.05, 4.69) is 11.9 Å². The van der Waals surface area contributed by atoms with Gasteiger partial charge in [-0.2, -0.15) is 0 Å². The van der Waals surface area contributed by atoms with Gasteiger partial charge < -0.3 is 14.6 Å². The third-order valence-electron chi connectivity index (χ3n) is 5.39. The van der Waals surface area contributed by atoms with E-state index in [4.69, 9.17) is 4.74 Å². The molecule has 0 aliphatic heterocycles. The Bertz CT molecular complexity index is 782. The molecule has 1 aromatic heterocycles. The topological polar surface area (TPSA) is 62.4 Å². The SMILES string of the molecule is CCCCN(C)C(=O)CCCCCCCCOC(=O)c1c(C)[nH]c2ccccc12. The lowest BCUT2D eigenvalue weighted by Crippen LogP contribution is -2.27. The minimum absolute atomic E-state index is 0.245. The maximum Gasteiger partial charge on any atom is 0.340 e. The molecule has 5 nitrogen and oxygen atoms in total. The van der Waals surface area contributed by atoms with Crippen LogP contribution in [-0.4, -0.2) is 42.0 Å². The Morgan fingerprint density at radius 1 is 1.00 bits per heavy atom. The Hall–Kier alpha value is -2.30. The van der Waals surface area contributed by atoms with Crippen molar-refractivity contribution in [3.63, 3.8) is 0 Å². The minimum Gasteiger partial charge on any atom is -0.462 e. The maximum absolute atomic E-state index is 12.4. The summed E-state index contributed by atoms with van der Waals surface area (Å²) in [7, 11) is 1.90. The number of hydrogen-bond donors (Lipinski definition) is 1. The average Bonchev–Trinajstić information content (AvgIpc) is 3.06. The number of esters is 1. The van der Waals surface area contributed by atoms with Gasteiger partial charge in [-0.15, -0.1) is 0 Å². The Morgan fingerprint density at radius 2 is 1.69 bits per heavy atom. The van der Waals surface area contributed by atoms with Crippen LogP contribution in [0.25, 0.3) is 10.9 Å². The van der Waals surface area contributed by atoms with Crippen LogP contribution in [0.1, 0.15) is 80.8 Å². The van der Waals surface area contributed by atoms with E-state index >= 15 is 0 Å². The van der Waals surface area contributed by atoms with Crippen molar-refractivity contribution in [2.24, 2.45) is 0 Å². The molecule has 0 saturated carbocycles. The van der Waals surface area contributed by atoms with Crippen LogP contribution in [0.4, 0.5) is 0 Å². The molecule has 5 heteroatoms. The fourth-order valence-corrected chi connectivity index (χ4v) is 3.57. The van der Waals surface area contributed by atoms with Crippen LogP contribution in [0.15, 0.2) is 24.3 Å². The highest BCUT2D eigenvalue weighted by molar-refractivity contribution is 6.05. The van der Waals surface area contributed by atoms with E-state index in [-0.39, 0.29) is 11.9 Å². The van der Waals surface area contributed by atoms with Crippen LogP contribution < -0.4 is 0 Å². The minimum atomic E-state index is -0.245. The first-order chi connectivity index (χ1) is 14.0. The summed E-state index contributed by atoms with van der Waals surface area (Å²) in [6.07, 6.45) is 9.07. The molecule has 160 valence electrons. The molecule has 0 unspecified atom stereocenters. The zero-order valence-corrected chi connectivity index (χ0v) is 18.3. The predicted octanol–water partition coefficient (Wildman–Crippen LogP) is 5.62. The number of rotatable bonds is 13. The molecule has 1 N–H and O–H groups in total. The lowest BCUT2D eigenvalue weighted by molar-refractivity contribution is -0.130. The molecular formula is C24H36N2O3. The number of amides is 1. The van der Waals surface area contributed by atoms with E-state index in [0.29, 0.717) is 18.6 Å². The number of aromatic nitrogens is 1. The molecule has 0 radical (unpaired) electrons. The van der Waals surface area contributed by atoms with Gasteiger partial charge in [0.25, 0.3) is 0 Å². The lowest BCUT2D eigenvalue weighted by atomic mass is 10.1. The van der Waals surface area contributed by atoms with Gasteiger partial charge in [-0.25, -0.2) is 4.79 Å². The van der Waals surface area contributed by atoms with Crippen LogP contribution in [0.5, 0.6) is 0 Å². The van der Waals surface area contributed by atoms with E-state index in [0.717, 1.165) is 74.5 Å². The second-order valence-corrected chi connectivity index (χ2v) is 7.85. The Labute approximate surface area is 174 Å². The summed E-state index contributed by atoms with van der Waals surface area (Å²) in [5, 5.41) is 0.921. The van der Waals surface area contributed by atoms with Crippen LogP contribution in [-0.2, 0) is 9.53 Å². The summed E-state index contributed by atoms with van der Waals surface area (Å²) < 4.78 is 5.48. The van der Waals surface area contributed by atoms with Gasteiger partial charge in [0, 0.05) is 36.6 Å². The number of ether oxygens (including phenoxy) is 1. The summed E-state index contributed by atoms with van der Waals surface area (Å²) in [5.74, 6) is 0.0172. The van der Waals surface area contributed by atoms with E-state index in [1.807, 2.05) is 43.1 Å². The zero-order chi connectivity index (χ0) is 21.1. The van der Waals surface area contributed by atoms with Gasteiger partial charge in [0.1, 0.15) is 0 Å². The predicted molar refractivity (Wildman–Crippen MR) is 118 cm³/mol. The normalized spacial score (nSPS) is 11.0. The zero-order valence-electron chi connectivity index (χ0n) is 18.3. The number of hydrogen-bond acceptors (Lipinski definition) is 3. The molecule has 1 aromatic carbocycles. The molecule has 0 fully saturated rings. The summed E-state index contributed by atoms with van der Waals surface area (Å²) >= 11 is 0. The van der Waals surface area contributed by atoms with Crippen LogP contribution >= 0.6 is 0 Å². The smallest absolute Gasteiger partial charge is 0.340 e. The Kier molecular flexibility index (Phi) is 9.75. The van der Waals surface area contributed by atoms with Gasteiger partial charge >= 0.3 is 5.97 Å². The van der Waals surface area contributed by atoms with Crippen molar-refractivity contribution in [3.8, 4) is 0 Å². The summed E-state index contributed by atoms with van der Waals surface area (Å²) in [4.78, 5) is 29.5. The van der Waals surface area contributed by atoms with E-state index in [1.54, 1.807) is 0 Å². The van der Waals surface area contributed by atoms with Crippen molar-refractivity contribution in [2.45, 2.75) is 71.6 Å². The van der Waals surface area contributed by atoms with E-state index in [1.165, 1.54) is 0 Å². The van der Waals surface area contributed by atoms with Crippen molar-refractivity contribution < 1.29 is 14.3 Å². The number of nitrogens with one attached hydrogen (secondary N) is 1. The third kappa shape index (κ3) is 7.22. The fraction of sp³-hybridized carbons (Fsp3) is 0.583. The molecule has 2 aromatic rings. The fourth-order valence-electron chi connectivity index (χ4n) is 3.57. The summed E-state index contributed by atoms with van der Waals surface area (Å²) in [6.45, 7) is 5.37. The standard InChI is InChI=1S/C24H36N2O3/c1-4-5-17-26(3)22(27)16-10-8-6-7-9-13-18-29-24(28)23-19(2)25-21-15-12-11-14-20(21)23/h11-12,14-15,25H,4-10,13,16-18H2,1-3H3. The second-order valence-electron chi connectivity index (χ2n) is 7.85. The monoisotopic (exact) mass is 400 g/mol. The number of fused-ring (bicyclic) bond motifs is 1. The molecule has 2 rings (SSSR count). The third-order valence-corrected chi connectivity index (χ3v) is 5.39. The molecule has 0 spiro atoms. The molecule has 0 atom stereocenters. The van der Waals surface area contributed by atoms with Crippen molar-refractivity contribution >= 4 is 22.8 Å². The number of nitrogens with zero attached hydrogens (tertiary/aromatic N) is 1. The second kappa shape index (κ2) is 12.3. The van der Waals surface area contributed by atoms with Gasteiger partial charge in [0.05, 0.1) is 12.2 Å². The lowest BCUT2D eigenvalue weighted by Gasteiger charge is -2.16. The van der Waals surface area contributed by atoms with Crippen molar-refractivity contribution in [2.75, 3.05) is 20.2 Å². The van der Waals surface area contributed by atoms with Gasteiger partial charge in [0.2, 0.25) is 5.91 Å². The molecule has 0 aliphatic rings. The molecular weight excluding hydrogens is 364 g/mol. The average molecular weight is 401 g/mol. The van der Waals surface area contributed by atoms with Crippen molar-refractivity contribution in [3.05, 3.63) is 35.5 Å².